The lowest BCUT2D eigenvalue weighted by atomic mass is 10.2. The molecule has 0 unspecified atom stereocenters. The van der Waals surface area contributed by atoms with Crippen LogP contribution < -0.4 is 10.1 Å². The van der Waals surface area contributed by atoms with Gasteiger partial charge in [-0.2, -0.15) is 0 Å². The molecule has 1 fully saturated rings. The molecule has 7 nitrogen and oxygen atoms in total. The number of halogens is 1. The molecular weight excluding hydrogens is 416 g/mol. The zero-order chi connectivity index (χ0) is 21.1. The number of benzene rings is 2. The number of hydrogen-bond donors (Lipinski definition) is 2. The summed E-state index contributed by atoms with van der Waals surface area (Å²) in [5, 5.41) is 12.4. The number of thioether (sulfide) groups is 1. The van der Waals surface area contributed by atoms with Crippen molar-refractivity contribution in [1.29, 1.82) is 0 Å². The first-order valence-electron chi connectivity index (χ1n) is 8.47. The average Bonchev–Trinajstić information content (AvgIpc) is 2.92. The van der Waals surface area contributed by atoms with E-state index in [1.54, 1.807) is 30.3 Å². The van der Waals surface area contributed by atoms with E-state index < -0.39 is 23.6 Å². The molecule has 2 aromatic rings. The molecular formula is C20H17ClN2O5S. The summed E-state index contributed by atoms with van der Waals surface area (Å²) in [5.41, 5.74) is 1.86. The number of methoxy groups -OCH3 is 1. The zero-order valence-corrected chi connectivity index (χ0v) is 17.1. The van der Waals surface area contributed by atoms with Crippen LogP contribution in [0, 0.1) is 6.92 Å². The lowest BCUT2D eigenvalue weighted by Crippen LogP contribution is -2.36. The van der Waals surface area contributed by atoms with Gasteiger partial charge in [0.2, 0.25) is 5.91 Å². The zero-order valence-electron chi connectivity index (χ0n) is 15.6. The Bertz CT molecular complexity index is 1040. The number of hydrogen-bond acceptors (Lipinski definition) is 6. The molecule has 9 heteroatoms. The van der Waals surface area contributed by atoms with Crippen LogP contribution in [0.2, 0.25) is 5.02 Å². The largest absolute Gasteiger partial charge is 0.504 e. The molecule has 1 heterocycles. The van der Waals surface area contributed by atoms with E-state index in [0.29, 0.717) is 22.0 Å². The van der Waals surface area contributed by atoms with E-state index in [4.69, 9.17) is 16.3 Å². The maximum Gasteiger partial charge on any atom is 0.294 e. The number of carbonyl (C=O) groups excluding carboxylic acids is 3. The summed E-state index contributed by atoms with van der Waals surface area (Å²) in [6.07, 6.45) is 1.47. The number of carbonyl (C=O) groups is 3. The van der Waals surface area contributed by atoms with Gasteiger partial charge in [-0.1, -0.05) is 23.7 Å². The molecule has 1 aliphatic heterocycles. The van der Waals surface area contributed by atoms with Crippen molar-refractivity contribution in [2.75, 3.05) is 19.0 Å². The molecule has 0 atom stereocenters. The Hall–Kier alpha value is -2.97. The fourth-order valence-electron chi connectivity index (χ4n) is 2.60. The van der Waals surface area contributed by atoms with Gasteiger partial charge in [0.25, 0.3) is 11.1 Å². The van der Waals surface area contributed by atoms with E-state index >= 15 is 0 Å². The van der Waals surface area contributed by atoms with E-state index in [2.05, 4.69) is 5.32 Å². The molecule has 0 spiro atoms. The molecule has 0 aromatic heterocycles. The molecule has 2 N–H and O–H groups in total. The quantitative estimate of drug-likeness (QED) is 0.692. The number of rotatable bonds is 5. The summed E-state index contributed by atoms with van der Waals surface area (Å²) >= 11 is 6.76. The Labute approximate surface area is 176 Å². The van der Waals surface area contributed by atoms with Crippen LogP contribution >= 0.6 is 23.4 Å². The third-order valence-electron chi connectivity index (χ3n) is 4.13. The monoisotopic (exact) mass is 432 g/mol. The SMILES string of the molecule is COc1ccc(/C=C2/SC(=O)N(CC(=O)Nc3ccc(C)c(Cl)c3)C2=O)cc1O. The minimum absolute atomic E-state index is 0.0865. The highest BCUT2D eigenvalue weighted by atomic mass is 35.5. The number of phenols is 1. The fraction of sp³-hybridized carbons (Fsp3) is 0.150. The number of phenolic OH excluding ortho intramolecular Hbond substituents is 1. The topological polar surface area (TPSA) is 95.9 Å². The van der Waals surface area contributed by atoms with Gasteiger partial charge in [-0.05, 0) is 60.2 Å². The number of anilines is 1. The minimum atomic E-state index is -0.576. The molecule has 0 aliphatic carbocycles. The average molecular weight is 433 g/mol. The first-order chi connectivity index (χ1) is 13.8. The van der Waals surface area contributed by atoms with E-state index in [0.717, 1.165) is 22.2 Å². The number of nitrogens with one attached hydrogen (secondary N) is 1. The van der Waals surface area contributed by atoms with Crippen molar-refractivity contribution in [3.63, 3.8) is 0 Å². The number of aryl methyl sites for hydroxylation is 1. The van der Waals surface area contributed by atoms with E-state index in [1.807, 2.05) is 6.92 Å². The molecule has 0 saturated carbocycles. The summed E-state index contributed by atoms with van der Waals surface area (Å²) < 4.78 is 4.97. The maximum atomic E-state index is 12.5. The van der Waals surface area contributed by atoms with Crippen molar-refractivity contribution in [3.05, 3.63) is 57.5 Å². The summed E-state index contributed by atoms with van der Waals surface area (Å²) in [7, 11) is 1.43. The molecule has 2 aromatic carbocycles. The van der Waals surface area contributed by atoms with Crippen molar-refractivity contribution in [2.45, 2.75) is 6.92 Å². The van der Waals surface area contributed by atoms with Crippen molar-refractivity contribution >= 4 is 52.2 Å². The molecule has 3 rings (SSSR count). The smallest absolute Gasteiger partial charge is 0.294 e. The van der Waals surface area contributed by atoms with E-state index in [1.165, 1.54) is 19.3 Å². The van der Waals surface area contributed by atoms with Crippen LogP contribution in [0.25, 0.3) is 6.08 Å². The maximum absolute atomic E-state index is 12.5. The number of amides is 3. The molecule has 1 aliphatic rings. The number of aromatic hydroxyl groups is 1. The molecule has 29 heavy (non-hydrogen) atoms. The second kappa shape index (κ2) is 8.59. The van der Waals surface area contributed by atoms with Gasteiger partial charge >= 0.3 is 0 Å². The number of imide groups is 1. The van der Waals surface area contributed by atoms with Gasteiger partial charge in [-0.25, -0.2) is 0 Å². The molecule has 1 saturated heterocycles. The first kappa shape index (κ1) is 20.8. The van der Waals surface area contributed by atoms with Gasteiger partial charge in [-0.3, -0.25) is 19.3 Å². The summed E-state index contributed by atoms with van der Waals surface area (Å²) in [5.74, 6) is -0.886. The second-order valence-corrected chi connectivity index (χ2v) is 7.61. The summed E-state index contributed by atoms with van der Waals surface area (Å²) in [6, 6.07) is 9.64. The minimum Gasteiger partial charge on any atom is -0.504 e. The van der Waals surface area contributed by atoms with E-state index in [-0.39, 0.29) is 10.7 Å². The second-order valence-electron chi connectivity index (χ2n) is 6.21. The van der Waals surface area contributed by atoms with Gasteiger partial charge in [0, 0.05) is 10.7 Å². The van der Waals surface area contributed by atoms with Crippen LogP contribution in [-0.2, 0) is 9.59 Å². The van der Waals surface area contributed by atoms with Crippen LogP contribution in [0.1, 0.15) is 11.1 Å². The Balaban J connectivity index is 1.70. The van der Waals surface area contributed by atoms with Crippen molar-refractivity contribution in [3.8, 4) is 11.5 Å². The Morgan fingerprint density at radius 3 is 2.69 bits per heavy atom. The molecule has 0 radical (unpaired) electrons. The van der Waals surface area contributed by atoms with Crippen molar-refractivity contribution in [2.24, 2.45) is 0 Å². The third kappa shape index (κ3) is 4.72. The Kier molecular flexibility index (Phi) is 6.14. The normalized spacial score (nSPS) is 15.1. The van der Waals surface area contributed by atoms with Crippen LogP contribution in [0.4, 0.5) is 10.5 Å². The van der Waals surface area contributed by atoms with Crippen LogP contribution in [-0.4, -0.2) is 40.7 Å². The highest BCUT2D eigenvalue weighted by Crippen LogP contribution is 2.34. The van der Waals surface area contributed by atoms with Gasteiger partial charge in [0.15, 0.2) is 11.5 Å². The lowest BCUT2D eigenvalue weighted by molar-refractivity contribution is -0.127. The summed E-state index contributed by atoms with van der Waals surface area (Å²) in [6.45, 7) is 1.42. The Morgan fingerprint density at radius 1 is 1.28 bits per heavy atom. The first-order valence-corrected chi connectivity index (χ1v) is 9.66. The standard InChI is InChI=1S/C20H17ClN2O5S/c1-11-3-5-13(9-14(11)21)22-18(25)10-23-19(26)17(29-20(23)27)8-12-4-6-16(28-2)15(24)7-12/h3-9,24H,10H2,1-2H3,(H,22,25)/b17-8+. The number of ether oxygens (including phenoxy) is 1. The van der Waals surface area contributed by atoms with Crippen LogP contribution in [0.15, 0.2) is 41.3 Å². The van der Waals surface area contributed by atoms with Gasteiger partial charge in [-0.15, -0.1) is 0 Å². The van der Waals surface area contributed by atoms with Gasteiger partial charge in [0.05, 0.1) is 12.0 Å². The lowest BCUT2D eigenvalue weighted by Gasteiger charge is -2.13. The summed E-state index contributed by atoms with van der Waals surface area (Å²) in [4.78, 5) is 38.0. The molecule has 0 bridgehead atoms. The van der Waals surface area contributed by atoms with E-state index in [9.17, 15) is 19.5 Å². The fourth-order valence-corrected chi connectivity index (χ4v) is 3.62. The third-order valence-corrected chi connectivity index (χ3v) is 5.45. The van der Waals surface area contributed by atoms with Crippen LogP contribution in [0.5, 0.6) is 11.5 Å². The van der Waals surface area contributed by atoms with Crippen molar-refractivity contribution < 1.29 is 24.2 Å². The predicted octanol–water partition coefficient (Wildman–Crippen LogP) is 4.04. The highest BCUT2D eigenvalue weighted by molar-refractivity contribution is 8.18. The molecule has 150 valence electrons. The van der Waals surface area contributed by atoms with Crippen molar-refractivity contribution in [1.82, 2.24) is 4.90 Å². The predicted molar refractivity (Wildman–Crippen MR) is 112 cm³/mol. The van der Waals surface area contributed by atoms with Gasteiger partial charge in [0.1, 0.15) is 6.54 Å². The van der Waals surface area contributed by atoms with Gasteiger partial charge < -0.3 is 15.2 Å². The van der Waals surface area contributed by atoms with Crippen LogP contribution in [0.3, 0.4) is 0 Å². The highest BCUT2D eigenvalue weighted by Gasteiger charge is 2.36. The number of nitrogens with zero attached hydrogens (tertiary/aromatic N) is 1. The Morgan fingerprint density at radius 2 is 2.03 bits per heavy atom. The molecule has 3 amide bonds.